The lowest BCUT2D eigenvalue weighted by atomic mass is 10.2. The zero-order chi connectivity index (χ0) is 8.01. The first kappa shape index (κ1) is 6.39. The molecule has 1 aliphatic heterocycles. The highest BCUT2D eigenvalue weighted by Gasteiger charge is 2.20. The van der Waals surface area contributed by atoms with Crippen molar-refractivity contribution in [3.05, 3.63) is 17.0 Å². The van der Waals surface area contributed by atoms with Gasteiger partial charge < -0.3 is 0 Å². The highest BCUT2D eigenvalue weighted by Crippen LogP contribution is 2.15. The van der Waals surface area contributed by atoms with Gasteiger partial charge >= 0.3 is 0 Å². The summed E-state index contributed by atoms with van der Waals surface area (Å²) in [5.41, 5.74) is 6.17. The molecule has 0 saturated carbocycles. The van der Waals surface area contributed by atoms with E-state index in [9.17, 15) is 0 Å². The van der Waals surface area contributed by atoms with Gasteiger partial charge in [0.1, 0.15) is 0 Å². The lowest BCUT2D eigenvalue weighted by molar-refractivity contribution is 0.731. The topological polar surface area (TPSA) is 52.1 Å². The van der Waals surface area contributed by atoms with Gasteiger partial charge in [0.05, 0.1) is 11.3 Å². The second-order valence-corrected chi connectivity index (χ2v) is 2.74. The quantitative estimate of drug-likeness (QED) is 0.626. The van der Waals surface area contributed by atoms with E-state index in [1.807, 2.05) is 25.6 Å². The van der Waals surface area contributed by atoms with Crippen LogP contribution in [-0.4, -0.2) is 15.6 Å². The summed E-state index contributed by atoms with van der Waals surface area (Å²) < 4.78 is 1.87. The van der Waals surface area contributed by atoms with Crippen molar-refractivity contribution in [1.82, 2.24) is 15.2 Å². The van der Waals surface area contributed by atoms with Crippen LogP contribution in [0.25, 0.3) is 0 Å². The highest BCUT2D eigenvalue weighted by atomic mass is 15.5. The second kappa shape index (κ2) is 1.84. The van der Waals surface area contributed by atoms with E-state index < -0.39 is 0 Å². The van der Waals surface area contributed by atoms with Crippen LogP contribution < -0.4 is 5.43 Å². The molecule has 1 aliphatic rings. The van der Waals surface area contributed by atoms with Gasteiger partial charge in [0.25, 0.3) is 0 Å². The third-order valence-corrected chi connectivity index (χ3v) is 1.97. The normalized spacial score (nSPS) is 14.3. The van der Waals surface area contributed by atoms with Gasteiger partial charge in [-0.15, -0.1) is 0 Å². The number of hydrogen-bond acceptors (Lipinski definition) is 3. The molecule has 0 bridgehead atoms. The fourth-order valence-corrected chi connectivity index (χ4v) is 1.26. The molecule has 0 aliphatic carbocycles. The molecule has 2 heterocycles. The third kappa shape index (κ3) is 0.824. The van der Waals surface area contributed by atoms with Crippen molar-refractivity contribution >= 4 is 5.84 Å². The van der Waals surface area contributed by atoms with Crippen molar-refractivity contribution in [2.75, 3.05) is 0 Å². The van der Waals surface area contributed by atoms with Crippen LogP contribution >= 0.6 is 0 Å². The lowest BCUT2D eigenvalue weighted by Crippen LogP contribution is -1.99. The van der Waals surface area contributed by atoms with Crippen molar-refractivity contribution in [3.8, 4) is 0 Å². The summed E-state index contributed by atoms with van der Waals surface area (Å²) in [5, 5.41) is 8.19. The SMILES string of the molecule is Cc1nn(C)c(C)c1C1=NN1. The molecule has 11 heavy (non-hydrogen) atoms. The Hall–Kier alpha value is -1.32. The Labute approximate surface area is 64.9 Å². The molecule has 1 N–H and O–H groups in total. The van der Waals surface area contributed by atoms with Crippen LogP contribution in [0.3, 0.4) is 0 Å². The number of rotatable bonds is 1. The first-order chi connectivity index (χ1) is 5.20. The van der Waals surface area contributed by atoms with Gasteiger partial charge in [-0.1, -0.05) is 0 Å². The third-order valence-electron chi connectivity index (χ3n) is 1.97. The number of amidine groups is 1. The Morgan fingerprint density at radius 1 is 1.36 bits per heavy atom. The maximum absolute atomic E-state index is 4.27. The predicted octanol–water partition coefficient (Wildman–Crippen LogP) is 0.302. The number of nitrogens with zero attached hydrogens (tertiary/aromatic N) is 3. The molecule has 0 saturated heterocycles. The Morgan fingerprint density at radius 3 is 2.36 bits per heavy atom. The number of hydrazone groups is 1. The molecule has 4 heteroatoms. The van der Waals surface area contributed by atoms with E-state index in [2.05, 4.69) is 15.6 Å². The summed E-state index contributed by atoms with van der Waals surface area (Å²) in [7, 11) is 1.94. The molecule has 0 amide bonds. The molecule has 58 valence electrons. The van der Waals surface area contributed by atoms with Crippen LogP contribution in [0.15, 0.2) is 5.10 Å². The van der Waals surface area contributed by atoms with Crippen LogP contribution in [0.2, 0.25) is 0 Å². The van der Waals surface area contributed by atoms with Crippen LogP contribution in [0.4, 0.5) is 0 Å². The first-order valence-electron chi connectivity index (χ1n) is 3.54. The van der Waals surface area contributed by atoms with Gasteiger partial charge in [0.15, 0.2) is 5.84 Å². The van der Waals surface area contributed by atoms with Gasteiger partial charge in [-0.2, -0.15) is 10.2 Å². The number of nitrogens with one attached hydrogen (secondary N) is 1. The fourth-order valence-electron chi connectivity index (χ4n) is 1.26. The second-order valence-electron chi connectivity index (χ2n) is 2.74. The van der Waals surface area contributed by atoms with Crippen LogP contribution in [0, 0.1) is 13.8 Å². The van der Waals surface area contributed by atoms with Crippen LogP contribution in [-0.2, 0) is 7.05 Å². The van der Waals surface area contributed by atoms with Gasteiger partial charge in [0, 0.05) is 12.7 Å². The smallest absolute Gasteiger partial charge is 0.177 e. The molecule has 0 spiro atoms. The zero-order valence-corrected chi connectivity index (χ0v) is 6.84. The molecule has 0 radical (unpaired) electrons. The van der Waals surface area contributed by atoms with Crippen molar-refractivity contribution in [2.45, 2.75) is 13.8 Å². The van der Waals surface area contributed by atoms with Crippen molar-refractivity contribution in [1.29, 1.82) is 0 Å². The molecule has 1 aromatic heterocycles. The minimum atomic E-state index is 0.966. The number of aromatic nitrogens is 2. The summed E-state index contributed by atoms with van der Waals surface area (Å²) in [6, 6.07) is 0. The summed E-state index contributed by atoms with van der Waals surface area (Å²) in [6.45, 7) is 4.03. The highest BCUT2D eigenvalue weighted by molar-refractivity contribution is 6.07. The molecule has 0 atom stereocenters. The largest absolute Gasteiger partial charge is 0.272 e. The molecule has 0 fully saturated rings. The lowest BCUT2D eigenvalue weighted by Gasteiger charge is -1.91. The van der Waals surface area contributed by atoms with E-state index in [-0.39, 0.29) is 0 Å². The van der Waals surface area contributed by atoms with Crippen molar-refractivity contribution < 1.29 is 0 Å². The monoisotopic (exact) mass is 150 g/mol. The summed E-state index contributed by atoms with van der Waals surface area (Å²) in [4.78, 5) is 0. The molecule has 0 unspecified atom stereocenters. The van der Waals surface area contributed by atoms with E-state index in [0.717, 1.165) is 22.8 Å². The molecule has 2 rings (SSSR count). The minimum absolute atomic E-state index is 0.966. The Kier molecular flexibility index (Phi) is 1.07. The molecule has 1 aromatic rings. The van der Waals surface area contributed by atoms with Gasteiger partial charge in [-0.05, 0) is 13.8 Å². The maximum Gasteiger partial charge on any atom is 0.177 e. The van der Waals surface area contributed by atoms with E-state index in [0.29, 0.717) is 0 Å². The number of hydrogen-bond donors (Lipinski definition) is 1. The van der Waals surface area contributed by atoms with E-state index >= 15 is 0 Å². The van der Waals surface area contributed by atoms with Gasteiger partial charge in [0.2, 0.25) is 0 Å². The summed E-state index contributed by atoms with van der Waals surface area (Å²) in [5.74, 6) is 0.966. The van der Waals surface area contributed by atoms with Gasteiger partial charge in [-0.25, -0.2) is 0 Å². The van der Waals surface area contributed by atoms with Crippen LogP contribution in [0.1, 0.15) is 17.0 Å². The maximum atomic E-state index is 4.27. The molecular formula is C7H10N4. The fraction of sp³-hybridized carbons (Fsp3) is 0.429. The Morgan fingerprint density at radius 2 is 2.00 bits per heavy atom. The van der Waals surface area contributed by atoms with E-state index in [1.54, 1.807) is 0 Å². The molecular weight excluding hydrogens is 140 g/mol. The Bertz CT molecular complexity index is 334. The summed E-state index contributed by atoms with van der Waals surface area (Å²) in [6.07, 6.45) is 0. The standard InChI is InChI=1S/C7H10N4/c1-4-6(7-8-9-7)5(2)11(3)10-4/h1-3H3,(H,8,9). The van der Waals surface area contributed by atoms with E-state index in [4.69, 9.17) is 0 Å². The average molecular weight is 150 g/mol. The summed E-state index contributed by atoms with van der Waals surface area (Å²) >= 11 is 0. The average Bonchev–Trinajstić information content (AvgIpc) is 2.68. The van der Waals surface area contributed by atoms with E-state index in [1.165, 1.54) is 0 Å². The number of aryl methyl sites for hydroxylation is 2. The van der Waals surface area contributed by atoms with Gasteiger partial charge in [-0.3, -0.25) is 10.1 Å². The van der Waals surface area contributed by atoms with Crippen molar-refractivity contribution in [2.24, 2.45) is 12.1 Å². The predicted molar refractivity (Wildman–Crippen MR) is 42.4 cm³/mol. The molecule has 4 nitrogen and oxygen atoms in total. The first-order valence-corrected chi connectivity index (χ1v) is 3.54. The molecule has 0 aromatic carbocycles. The zero-order valence-electron chi connectivity index (χ0n) is 6.84. The van der Waals surface area contributed by atoms with Crippen LogP contribution in [0.5, 0.6) is 0 Å². The Balaban J connectivity index is 2.59. The minimum Gasteiger partial charge on any atom is -0.272 e. The van der Waals surface area contributed by atoms with Crippen molar-refractivity contribution in [3.63, 3.8) is 0 Å².